The molecule has 25 heavy (non-hydrogen) atoms. The van der Waals surface area contributed by atoms with Crippen molar-refractivity contribution in [2.45, 2.75) is 12.7 Å². The number of aromatic nitrogens is 2. The lowest BCUT2D eigenvalue weighted by atomic mass is 10.2. The number of nitrogens with zero attached hydrogens (tertiary/aromatic N) is 2. The molecule has 3 rings (SSSR count). The van der Waals surface area contributed by atoms with E-state index in [1.165, 1.54) is 35.6 Å². The molecule has 9 heteroatoms. The molecular formula is C16H11ClF3N3OS. The summed E-state index contributed by atoms with van der Waals surface area (Å²) in [6.45, 7) is 0.145. The first-order valence-corrected chi connectivity index (χ1v) is 8.39. The number of rotatable bonds is 4. The molecule has 1 N–H and O–H groups in total. The van der Waals surface area contributed by atoms with Gasteiger partial charge in [0, 0.05) is 11.6 Å². The summed E-state index contributed by atoms with van der Waals surface area (Å²) in [7, 11) is 0. The van der Waals surface area contributed by atoms with Crippen LogP contribution in [0, 0.1) is 0 Å². The van der Waals surface area contributed by atoms with E-state index in [9.17, 15) is 18.0 Å². The van der Waals surface area contributed by atoms with Crippen LogP contribution in [0.2, 0.25) is 5.02 Å². The summed E-state index contributed by atoms with van der Waals surface area (Å²) in [5, 5.41) is 10.2. The second kappa shape index (κ2) is 6.89. The van der Waals surface area contributed by atoms with Crippen LogP contribution in [0.5, 0.6) is 0 Å². The van der Waals surface area contributed by atoms with Gasteiger partial charge in [-0.3, -0.25) is 4.79 Å². The van der Waals surface area contributed by atoms with Crippen molar-refractivity contribution in [2.24, 2.45) is 0 Å². The maximum atomic E-state index is 13.5. The number of amides is 1. The zero-order valence-electron chi connectivity index (χ0n) is 12.5. The lowest BCUT2D eigenvalue weighted by Crippen LogP contribution is -2.26. The molecule has 0 saturated heterocycles. The number of halogens is 4. The third-order valence-electron chi connectivity index (χ3n) is 3.39. The third kappa shape index (κ3) is 3.85. The number of thiophene rings is 1. The molecule has 0 bridgehead atoms. The molecule has 0 unspecified atom stereocenters. The summed E-state index contributed by atoms with van der Waals surface area (Å²) in [5.41, 5.74) is -0.680. The highest BCUT2D eigenvalue weighted by molar-refractivity contribution is 7.07. The molecule has 3 aromatic rings. The van der Waals surface area contributed by atoms with Crippen LogP contribution in [0.3, 0.4) is 0 Å². The van der Waals surface area contributed by atoms with E-state index in [1.54, 1.807) is 6.07 Å². The number of nitrogens with one attached hydrogen (secondary N) is 1. The number of hydrogen-bond acceptors (Lipinski definition) is 3. The van der Waals surface area contributed by atoms with Gasteiger partial charge in [0.15, 0.2) is 5.69 Å². The van der Waals surface area contributed by atoms with Crippen molar-refractivity contribution in [2.75, 3.05) is 0 Å². The summed E-state index contributed by atoms with van der Waals surface area (Å²) in [6.07, 6.45) is -3.83. The van der Waals surface area contributed by atoms with Gasteiger partial charge in [0.25, 0.3) is 5.91 Å². The van der Waals surface area contributed by atoms with Crippen LogP contribution < -0.4 is 5.32 Å². The third-order valence-corrected chi connectivity index (χ3v) is 4.37. The molecule has 0 aliphatic rings. The highest BCUT2D eigenvalue weighted by Crippen LogP contribution is 2.33. The maximum absolute atomic E-state index is 13.5. The largest absolute Gasteiger partial charge is 0.434 e. The SMILES string of the molecule is O=C(NCc1ccsc1)c1cnn(-c2ccc(Cl)cc2)c1C(F)(F)F. The topological polar surface area (TPSA) is 46.9 Å². The van der Waals surface area contributed by atoms with Crippen molar-refractivity contribution in [1.29, 1.82) is 0 Å². The summed E-state index contributed by atoms with van der Waals surface area (Å²) in [6, 6.07) is 7.49. The Labute approximate surface area is 149 Å². The fourth-order valence-corrected chi connectivity index (χ4v) is 3.03. The molecular weight excluding hydrogens is 375 g/mol. The number of carbonyl (C=O) groups is 1. The van der Waals surface area contributed by atoms with Crippen molar-refractivity contribution >= 4 is 28.8 Å². The van der Waals surface area contributed by atoms with E-state index in [4.69, 9.17) is 11.6 Å². The Bertz CT molecular complexity index is 873. The average molecular weight is 386 g/mol. The van der Waals surface area contributed by atoms with E-state index in [2.05, 4.69) is 10.4 Å². The van der Waals surface area contributed by atoms with Crippen LogP contribution >= 0.6 is 22.9 Å². The van der Waals surface area contributed by atoms with Gasteiger partial charge in [-0.05, 0) is 46.7 Å². The molecule has 2 aromatic heterocycles. The lowest BCUT2D eigenvalue weighted by Gasteiger charge is -2.13. The average Bonchev–Trinajstić information content (AvgIpc) is 3.22. The normalized spacial score (nSPS) is 11.5. The van der Waals surface area contributed by atoms with Crippen molar-refractivity contribution in [1.82, 2.24) is 15.1 Å². The molecule has 0 atom stereocenters. The molecule has 0 spiro atoms. The Morgan fingerprint density at radius 1 is 1.24 bits per heavy atom. The zero-order chi connectivity index (χ0) is 18.0. The van der Waals surface area contributed by atoms with Gasteiger partial charge in [-0.2, -0.15) is 29.6 Å². The van der Waals surface area contributed by atoms with Crippen molar-refractivity contribution in [3.63, 3.8) is 0 Å². The van der Waals surface area contributed by atoms with Crippen molar-refractivity contribution < 1.29 is 18.0 Å². The summed E-state index contributed by atoms with van der Waals surface area (Å²) in [5.74, 6) is -0.835. The van der Waals surface area contributed by atoms with Crippen LogP contribution in [-0.2, 0) is 12.7 Å². The zero-order valence-corrected chi connectivity index (χ0v) is 14.1. The minimum Gasteiger partial charge on any atom is -0.348 e. The van der Waals surface area contributed by atoms with Crippen LogP contribution in [0.1, 0.15) is 21.6 Å². The smallest absolute Gasteiger partial charge is 0.348 e. The van der Waals surface area contributed by atoms with Gasteiger partial charge in [-0.25, -0.2) is 4.68 Å². The molecule has 0 fully saturated rings. The first-order valence-electron chi connectivity index (χ1n) is 7.06. The number of hydrogen-bond donors (Lipinski definition) is 1. The fourth-order valence-electron chi connectivity index (χ4n) is 2.24. The molecule has 2 heterocycles. The van der Waals surface area contributed by atoms with Gasteiger partial charge in [0.05, 0.1) is 17.4 Å². The minimum atomic E-state index is -4.74. The highest BCUT2D eigenvalue weighted by Gasteiger charge is 2.40. The first kappa shape index (κ1) is 17.5. The number of benzene rings is 1. The van der Waals surface area contributed by atoms with E-state index < -0.39 is 23.3 Å². The highest BCUT2D eigenvalue weighted by atomic mass is 35.5. The van der Waals surface area contributed by atoms with Gasteiger partial charge in [0.2, 0.25) is 0 Å². The summed E-state index contributed by atoms with van der Waals surface area (Å²) < 4.78 is 41.2. The Kier molecular flexibility index (Phi) is 4.82. The van der Waals surface area contributed by atoms with Gasteiger partial charge >= 0.3 is 6.18 Å². The molecule has 0 radical (unpaired) electrons. The maximum Gasteiger partial charge on any atom is 0.434 e. The van der Waals surface area contributed by atoms with Crippen LogP contribution in [0.15, 0.2) is 47.3 Å². The molecule has 130 valence electrons. The molecule has 1 aromatic carbocycles. The Balaban J connectivity index is 1.94. The quantitative estimate of drug-likeness (QED) is 0.717. The number of alkyl halides is 3. The fraction of sp³-hybridized carbons (Fsp3) is 0.125. The van der Waals surface area contributed by atoms with Crippen LogP contribution in [-0.4, -0.2) is 15.7 Å². The predicted molar refractivity (Wildman–Crippen MR) is 89.1 cm³/mol. The van der Waals surface area contributed by atoms with E-state index in [1.807, 2.05) is 10.8 Å². The second-order valence-electron chi connectivity index (χ2n) is 5.11. The number of carbonyl (C=O) groups excluding carboxylic acids is 1. The molecule has 1 amide bonds. The monoisotopic (exact) mass is 385 g/mol. The molecule has 0 aliphatic carbocycles. The Hall–Kier alpha value is -2.32. The van der Waals surface area contributed by atoms with E-state index in [0.717, 1.165) is 11.8 Å². The van der Waals surface area contributed by atoms with Crippen molar-refractivity contribution in [3.05, 3.63) is 69.1 Å². The second-order valence-corrected chi connectivity index (χ2v) is 6.32. The molecule has 4 nitrogen and oxygen atoms in total. The standard InChI is InChI=1S/C16H11ClF3N3OS/c17-11-1-3-12(4-2-11)23-14(16(18,19)20)13(8-22-23)15(24)21-7-10-5-6-25-9-10/h1-6,8-9H,7H2,(H,21,24). The molecule has 0 aliphatic heterocycles. The van der Waals surface area contributed by atoms with Crippen LogP contribution in [0.4, 0.5) is 13.2 Å². The first-order chi connectivity index (χ1) is 11.9. The summed E-state index contributed by atoms with van der Waals surface area (Å²) >= 11 is 7.20. The minimum absolute atomic E-state index is 0.145. The summed E-state index contributed by atoms with van der Waals surface area (Å²) in [4.78, 5) is 12.2. The van der Waals surface area contributed by atoms with Gasteiger partial charge < -0.3 is 5.32 Å². The molecule has 0 saturated carbocycles. The predicted octanol–water partition coefficient (Wildman–Crippen LogP) is 4.54. The van der Waals surface area contributed by atoms with E-state index >= 15 is 0 Å². The van der Waals surface area contributed by atoms with Crippen molar-refractivity contribution in [3.8, 4) is 5.69 Å². The van der Waals surface area contributed by atoms with E-state index in [-0.39, 0.29) is 12.2 Å². The van der Waals surface area contributed by atoms with Gasteiger partial charge in [0.1, 0.15) is 0 Å². The Morgan fingerprint density at radius 2 is 1.96 bits per heavy atom. The van der Waals surface area contributed by atoms with Gasteiger partial charge in [-0.15, -0.1) is 0 Å². The Morgan fingerprint density at radius 3 is 2.56 bits per heavy atom. The van der Waals surface area contributed by atoms with E-state index in [0.29, 0.717) is 9.70 Å². The van der Waals surface area contributed by atoms with Gasteiger partial charge in [-0.1, -0.05) is 11.6 Å². The van der Waals surface area contributed by atoms with Crippen LogP contribution in [0.25, 0.3) is 5.69 Å². The lowest BCUT2D eigenvalue weighted by molar-refractivity contribution is -0.143.